The average Bonchev–Trinajstić information content (AvgIpc) is 3.09. The molecule has 0 radical (unpaired) electrons. The highest BCUT2D eigenvalue weighted by Crippen LogP contribution is 2.41. The van der Waals surface area contributed by atoms with Crippen molar-refractivity contribution < 1.29 is 14.3 Å². The molecule has 3 rings (SSSR count). The fourth-order valence-corrected chi connectivity index (χ4v) is 4.13. The van der Waals surface area contributed by atoms with Crippen molar-refractivity contribution in [3.8, 4) is 0 Å². The first kappa shape index (κ1) is 13.5. The van der Waals surface area contributed by atoms with E-state index in [1.807, 2.05) is 16.7 Å². The fraction of sp³-hybridized carbons (Fsp3) is 0.923. The molecule has 0 aromatic heterocycles. The molecule has 19 heavy (non-hydrogen) atoms. The molecule has 2 amide bonds. The summed E-state index contributed by atoms with van der Waals surface area (Å²) in [6.45, 7) is 3.93. The van der Waals surface area contributed by atoms with Crippen LogP contribution < -0.4 is 5.32 Å². The Balaban J connectivity index is 1.41. The van der Waals surface area contributed by atoms with E-state index in [2.05, 4.69) is 5.32 Å². The highest BCUT2D eigenvalue weighted by Gasteiger charge is 2.40. The zero-order valence-electron chi connectivity index (χ0n) is 11.2. The first-order valence-electron chi connectivity index (χ1n) is 7.20. The van der Waals surface area contributed by atoms with Crippen LogP contribution in [0.5, 0.6) is 0 Å². The molecule has 0 aromatic carbocycles. The van der Waals surface area contributed by atoms with Gasteiger partial charge in [-0.2, -0.15) is 0 Å². The summed E-state index contributed by atoms with van der Waals surface area (Å²) >= 11 is 1.91. The lowest BCUT2D eigenvalue weighted by atomic mass is 10.1. The lowest BCUT2D eigenvalue weighted by Gasteiger charge is -2.37. The zero-order valence-corrected chi connectivity index (χ0v) is 12.0. The summed E-state index contributed by atoms with van der Waals surface area (Å²) in [5, 5.41) is 2.99. The molecule has 3 heterocycles. The maximum absolute atomic E-state index is 12.1. The highest BCUT2D eigenvalue weighted by atomic mass is 32.2. The summed E-state index contributed by atoms with van der Waals surface area (Å²) in [5.41, 5.74) is 0. The van der Waals surface area contributed by atoms with Gasteiger partial charge in [0.15, 0.2) is 0 Å². The average molecular weight is 286 g/mol. The molecule has 3 fully saturated rings. The Kier molecular flexibility index (Phi) is 4.19. The summed E-state index contributed by atoms with van der Waals surface area (Å²) in [6, 6.07) is 0.0494. The van der Waals surface area contributed by atoms with Crippen LogP contribution in [0, 0.1) is 0 Å². The molecule has 0 aromatic rings. The molecule has 108 valence electrons. The van der Waals surface area contributed by atoms with Crippen LogP contribution in [0.25, 0.3) is 0 Å². The molecule has 1 N–H and O–H groups in total. The standard InChI is InChI=1S/C13H22N2O3S/c16-12(14-10-11-2-1-7-17-11)15-5-3-13(4-6-15)18-8-9-19-13/h11H,1-10H2,(H,14,16). The van der Waals surface area contributed by atoms with Crippen LogP contribution in [0.1, 0.15) is 25.7 Å². The Morgan fingerprint density at radius 3 is 2.84 bits per heavy atom. The molecular weight excluding hydrogens is 264 g/mol. The van der Waals surface area contributed by atoms with Crippen LogP contribution in [0.15, 0.2) is 0 Å². The summed E-state index contributed by atoms with van der Waals surface area (Å²) in [7, 11) is 0. The van der Waals surface area contributed by atoms with Crippen LogP contribution in [0.2, 0.25) is 0 Å². The van der Waals surface area contributed by atoms with E-state index in [-0.39, 0.29) is 17.1 Å². The van der Waals surface area contributed by atoms with Crippen LogP contribution in [0.3, 0.4) is 0 Å². The van der Waals surface area contributed by atoms with E-state index in [0.29, 0.717) is 6.54 Å². The van der Waals surface area contributed by atoms with E-state index in [4.69, 9.17) is 9.47 Å². The van der Waals surface area contributed by atoms with Gasteiger partial charge in [-0.25, -0.2) is 4.79 Å². The monoisotopic (exact) mass is 286 g/mol. The van der Waals surface area contributed by atoms with Gasteiger partial charge >= 0.3 is 6.03 Å². The predicted molar refractivity (Wildman–Crippen MR) is 74.3 cm³/mol. The number of hydrogen-bond acceptors (Lipinski definition) is 4. The van der Waals surface area contributed by atoms with Crippen molar-refractivity contribution in [1.82, 2.24) is 10.2 Å². The van der Waals surface area contributed by atoms with Crippen molar-refractivity contribution in [1.29, 1.82) is 0 Å². The summed E-state index contributed by atoms with van der Waals surface area (Å²) in [6.07, 6.45) is 4.29. The maximum atomic E-state index is 12.1. The van der Waals surface area contributed by atoms with Gasteiger partial charge in [0.2, 0.25) is 0 Å². The number of rotatable bonds is 2. The molecule has 5 nitrogen and oxygen atoms in total. The lowest BCUT2D eigenvalue weighted by molar-refractivity contribution is 0.00909. The van der Waals surface area contributed by atoms with Gasteiger partial charge in [0, 0.05) is 44.8 Å². The normalized spacial score (nSPS) is 29.9. The number of nitrogens with one attached hydrogen (secondary N) is 1. The lowest BCUT2D eigenvalue weighted by Crippen LogP contribution is -2.49. The maximum Gasteiger partial charge on any atom is 0.317 e. The molecular formula is C13H22N2O3S. The third-order valence-corrected chi connectivity index (χ3v) is 5.55. The molecule has 3 saturated heterocycles. The summed E-state index contributed by atoms with van der Waals surface area (Å²) in [5.74, 6) is 1.09. The number of carbonyl (C=O) groups excluding carboxylic acids is 1. The molecule has 0 saturated carbocycles. The Hall–Kier alpha value is -0.460. The number of likely N-dealkylation sites (tertiary alicyclic amines) is 1. The summed E-state index contributed by atoms with van der Waals surface area (Å²) in [4.78, 5) is 14.0. The second-order valence-corrected chi connectivity index (χ2v) is 6.86. The predicted octanol–water partition coefficient (Wildman–Crippen LogP) is 1.43. The highest BCUT2D eigenvalue weighted by molar-refractivity contribution is 8.00. The van der Waals surface area contributed by atoms with Crippen LogP contribution in [-0.4, -0.2) is 60.6 Å². The van der Waals surface area contributed by atoms with E-state index < -0.39 is 0 Å². The molecule has 3 aliphatic rings. The van der Waals surface area contributed by atoms with E-state index in [9.17, 15) is 4.79 Å². The van der Waals surface area contributed by atoms with Crippen LogP contribution >= 0.6 is 11.8 Å². The number of nitrogens with zero attached hydrogens (tertiary/aromatic N) is 1. The Morgan fingerprint density at radius 2 is 2.21 bits per heavy atom. The van der Waals surface area contributed by atoms with E-state index in [0.717, 1.165) is 57.7 Å². The minimum atomic E-state index is 0.00530. The molecule has 0 bridgehead atoms. The molecule has 3 aliphatic heterocycles. The van der Waals surface area contributed by atoms with Gasteiger partial charge in [-0.15, -0.1) is 11.8 Å². The zero-order chi connectivity index (χ0) is 13.1. The number of carbonyl (C=O) groups is 1. The second-order valence-electron chi connectivity index (χ2n) is 5.42. The quantitative estimate of drug-likeness (QED) is 0.834. The number of piperidine rings is 1. The number of urea groups is 1. The first-order valence-corrected chi connectivity index (χ1v) is 8.18. The van der Waals surface area contributed by atoms with Gasteiger partial charge in [-0.3, -0.25) is 0 Å². The molecule has 1 spiro atoms. The van der Waals surface area contributed by atoms with Crippen molar-refractivity contribution in [3.63, 3.8) is 0 Å². The van der Waals surface area contributed by atoms with Gasteiger partial charge in [-0.05, 0) is 12.8 Å². The third kappa shape index (κ3) is 3.17. The van der Waals surface area contributed by atoms with E-state index >= 15 is 0 Å². The number of ether oxygens (including phenoxy) is 2. The summed E-state index contributed by atoms with van der Waals surface area (Å²) < 4.78 is 11.3. The molecule has 1 unspecified atom stereocenters. The van der Waals surface area contributed by atoms with Crippen LogP contribution in [0.4, 0.5) is 4.79 Å². The largest absolute Gasteiger partial charge is 0.376 e. The SMILES string of the molecule is O=C(NCC1CCCO1)N1CCC2(CC1)OCCS2. The minimum Gasteiger partial charge on any atom is -0.376 e. The Labute approximate surface area is 118 Å². The van der Waals surface area contributed by atoms with Gasteiger partial charge in [-0.1, -0.05) is 0 Å². The van der Waals surface area contributed by atoms with Crippen molar-refractivity contribution in [2.24, 2.45) is 0 Å². The van der Waals surface area contributed by atoms with Gasteiger partial charge in [0.05, 0.1) is 12.7 Å². The Bertz CT molecular complexity index is 318. The van der Waals surface area contributed by atoms with Gasteiger partial charge in [0.25, 0.3) is 0 Å². The minimum absolute atomic E-state index is 0.00530. The van der Waals surface area contributed by atoms with Crippen molar-refractivity contribution in [3.05, 3.63) is 0 Å². The van der Waals surface area contributed by atoms with Crippen molar-refractivity contribution in [2.45, 2.75) is 36.7 Å². The Morgan fingerprint density at radius 1 is 1.37 bits per heavy atom. The number of hydrogen-bond donors (Lipinski definition) is 1. The smallest absolute Gasteiger partial charge is 0.317 e. The van der Waals surface area contributed by atoms with E-state index in [1.165, 1.54) is 0 Å². The molecule has 6 heteroatoms. The third-order valence-electron chi connectivity index (χ3n) is 4.13. The van der Waals surface area contributed by atoms with E-state index in [1.54, 1.807) is 0 Å². The second kappa shape index (κ2) is 5.89. The van der Waals surface area contributed by atoms with Crippen molar-refractivity contribution in [2.75, 3.05) is 38.6 Å². The first-order chi connectivity index (χ1) is 9.27. The molecule has 1 atom stereocenters. The molecule has 0 aliphatic carbocycles. The number of amides is 2. The van der Waals surface area contributed by atoms with Crippen LogP contribution in [-0.2, 0) is 9.47 Å². The van der Waals surface area contributed by atoms with Crippen molar-refractivity contribution >= 4 is 17.8 Å². The van der Waals surface area contributed by atoms with Gasteiger partial charge in [0.1, 0.15) is 4.93 Å². The topological polar surface area (TPSA) is 50.8 Å². The number of thioether (sulfide) groups is 1. The van der Waals surface area contributed by atoms with Gasteiger partial charge < -0.3 is 19.7 Å². The fourth-order valence-electron chi connectivity index (χ4n) is 2.95.